The lowest BCUT2D eigenvalue weighted by atomic mass is 10.2. The third-order valence-electron chi connectivity index (χ3n) is 3.29. The minimum Gasteiger partial charge on any atom is -0.494 e. The summed E-state index contributed by atoms with van der Waals surface area (Å²) >= 11 is 0. The standard InChI is InChI=1S/C17H25N3O/c1-14(2)18-12-16-13-20(19-15(16)3)10-7-11-21-17-8-5-4-6-9-17/h4-6,8-9,13-14,18H,7,10-12H2,1-3H3. The summed E-state index contributed by atoms with van der Waals surface area (Å²) in [5.74, 6) is 0.927. The molecule has 4 heteroatoms. The molecule has 0 radical (unpaired) electrons. The van der Waals surface area contributed by atoms with Crippen LogP contribution in [-0.2, 0) is 13.1 Å². The van der Waals surface area contributed by atoms with Crippen LogP contribution in [0, 0.1) is 6.92 Å². The molecule has 0 bridgehead atoms. The van der Waals surface area contributed by atoms with Crippen LogP contribution in [-0.4, -0.2) is 22.4 Å². The average molecular weight is 287 g/mol. The van der Waals surface area contributed by atoms with Crippen molar-refractivity contribution in [3.63, 3.8) is 0 Å². The summed E-state index contributed by atoms with van der Waals surface area (Å²) in [4.78, 5) is 0. The first-order valence-electron chi connectivity index (χ1n) is 7.59. The van der Waals surface area contributed by atoms with Crippen LogP contribution < -0.4 is 10.1 Å². The Balaban J connectivity index is 1.74. The molecule has 21 heavy (non-hydrogen) atoms. The average Bonchev–Trinajstić information content (AvgIpc) is 2.83. The number of aryl methyl sites for hydroxylation is 2. The largest absolute Gasteiger partial charge is 0.494 e. The smallest absolute Gasteiger partial charge is 0.119 e. The number of aromatic nitrogens is 2. The minimum atomic E-state index is 0.493. The zero-order chi connectivity index (χ0) is 15.1. The van der Waals surface area contributed by atoms with Crippen molar-refractivity contribution in [3.8, 4) is 5.75 Å². The minimum absolute atomic E-state index is 0.493. The lowest BCUT2D eigenvalue weighted by Crippen LogP contribution is -2.21. The third kappa shape index (κ3) is 5.23. The number of hydrogen-bond donors (Lipinski definition) is 1. The van der Waals surface area contributed by atoms with Crippen LogP contribution in [0.15, 0.2) is 36.5 Å². The number of hydrogen-bond acceptors (Lipinski definition) is 3. The molecule has 1 heterocycles. The molecule has 4 nitrogen and oxygen atoms in total. The van der Waals surface area contributed by atoms with Gasteiger partial charge in [0, 0.05) is 37.3 Å². The Bertz CT molecular complexity index is 534. The fourth-order valence-corrected chi connectivity index (χ4v) is 2.09. The van der Waals surface area contributed by atoms with Crippen molar-refractivity contribution in [1.29, 1.82) is 0 Å². The summed E-state index contributed by atoms with van der Waals surface area (Å²) < 4.78 is 7.71. The number of para-hydroxylation sites is 1. The Hall–Kier alpha value is -1.81. The summed E-state index contributed by atoms with van der Waals surface area (Å²) in [5.41, 5.74) is 2.37. The first kappa shape index (κ1) is 15.6. The van der Waals surface area contributed by atoms with E-state index in [1.165, 1.54) is 5.56 Å². The van der Waals surface area contributed by atoms with E-state index >= 15 is 0 Å². The van der Waals surface area contributed by atoms with Gasteiger partial charge in [-0.1, -0.05) is 32.0 Å². The summed E-state index contributed by atoms with van der Waals surface area (Å²) in [6, 6.07) is 10.4. The van der Waals surface area contributed by atoms with E-state index in [4.69, 9.17) is 4.74 Å². The Morgan fingerprint density at radius 1 is 1.24 bits per heavy atom. The molecule has 0 saturated carbocycles. The predicted octanol–water partition coefficient (Wildman–Crippen LogP) is 3.16. The molecule has 0 unspecified atom stereocenters. The normalized spacial score (nSPS) is 11.0. The summed E-state index contributed by atoms with van der Waals surface area (Å²) in [6.07, 6.45) is 3.08. The highest BCUT2D eigenvalue weighted by molar-refractivity contribution is 5.20. The zero-order valence-electron chi connectivity index (χ0n) is 13.2. The van der Waals surface area contributed by atoms with Crippen LogP contribution in [0.2, 0.25) is 0 Å². The van der Waals surface area contributed by atoms with Crippen LogP contribution in [0.3, 0.4) is 0 Å². The molecule has 0 aliphatic heterocycles. The third-order valence-corrected chi connectivity index (χ3v) is 3.29. The van der Waals surface area contributed by atoms with E-state index in [0.717, 1.165) is 31.0 Å². The van der Waals surface area contributed by atoms with Gasteiger partial charge in [0.15, 0.2) is 0 Å². The predicted molar refractivity (Wildman–Crippen MR) is 85.5 cm³/mol. The molecule has 1 aromatic heterocycles. The van der Waals surface area contributed by atoms with Crippen LogP contribution in [0.1, 0.15) is 31.5 Å². The molecule has 1 N–H and O–H groups in total. The molecule has 0 amide bonds. The number of benzene rings is 1. The highest BCUT2D eigenvalue weighted by Crippen LogP contribution is 2.09. The summed E-state index contributed by atoms with van der Waals surface area (Å²) in [6.45, 7) is 8.84. The van der Waals surface area contributed by atoms with Crippen molar-refractivity contribution >= 4 is 0 Å². The molecule has 0 fully saturated rings. The number of rotatable bonds is 8. The molecular weight excluding hydrogens is 262 g/mol. The first-order chi connectivity index (χ1) is 10.1. The number of ether oxygens (including phenoxy) is 1. The summed E-state index contributed by atoms with van der Waals surface area (Å²) in [5, 5.41) is 7.98. The molecule has 0 atom stereocenters. The van der Waals surface area contributed by atoms with Crippen molar-refractivity contribution in [2.45, 2.75) is 46.3 Å². The van der Waals surface area contributed by atoms with Crippen LogP contribution >= 0.6 is 0 Å². The van der Waals surface area contributed by atoms with Crippen molar-refractivity contribution < 1.29 is 4.74 Å². The highest BCUT2D eigenvalue weighted by Gasteiger charge is 2.05. The second-order valence-electron chi connectivity index (χ2n) is 5.55. The second-order valence-corrected chi connectivity index (χ2v) is 5.55. The van der Waals surface area contributed by atoms with Gasteiger partial charge in [0.1, 0.15) is 5.75 Å². The quantitative estimate of drug-likeness (QED) is 0.758. The molecule has 1 aromatic carbocycles. The molecule has 0 saturated heterocycles. The Labute approximate surface area is 127 Å². The van der Waals surface area contributed by atoms with E-state index in [1.54, 1.807) is 0 Å². The van der Waals surface area contributed by atoms with Gasteiger partial charge in [0.05, 0.1) is 12.3 Å². The molecule has 2 rings (SSSR count). The van der Waals surface area contributed by atoms with Gasteiger partial charge in [-0.3, -0.25) is 4.68 Å². The zero-order valence-corrected chi connectivity index (χ0v) is 13.2. The van der Waals surface area contributed by atoms with Crippen LogP contribution in [0.25, 0.3) is 0 Å². The van der Waals surface area contributed by atoms with E-state index in [9.17, 15) is 0 Å². The van der Waals surface area contributed by atoms with Crippen LogP contribution in [0.4, 0.5) is 0 Å². The van der Waals surface area contributed by atoms with E-state index in [2.05, 4.69) is 37.4 Å². The molecule has 0 spiro atoms. The van der Waals surface area contributed by atoms with Gasteiger partial charge in [-0.2, -0.15) is 5.10 Å². The maximum absolute atomic E-state index is 5.69. The molecule has 0 aliphatic rings. The molecule has 114 valence electrons. The van der Waals surface area contributed by atoms with Gasteiger partial charge >= 0.3 is 0 Å². The van der Waals surface area contributed by atoms with Crippen molar-refractivity contribution in [1.82, 2.24) is 15.1 Å². The van der Waals surface area contributed by atoms with Crippen molar-refractivity contribution in [3.05, 3.63) is 47.8 Å². The maximum atomic E-state index is 5.69. The van der Waals surface area contributed by atoms with Gasteiger partial charge in [0.2, 0.25) is 0 Å². The topological polar surface area (TPSA) is 39.1 Å². The van der Waals surface area contributed by atoms with E-state index in [-0.39, 0.29) is 0 Å². The second kappa shape index (κ2) is 7.84. The van der Waals surface area contributed by atoms with Gasteiger partial charge in [-0.25, -0.2) is 0 Å². The Morgan fingerprint density at radius 3 is 2.71 bits per heavy atom. The molecule has 2 aromatic rings. The monoisotopic (exact) mass is 287 g/mol. The van der Waals surface area contributed by atoms with E-state index in [0.29, 0.717) is 12.6 Å². The maximum Gasteiger partial charge on any atom is 0.119 e. The first-order valence-corrected chi connectivity index (χ1v) is 7.59. The van der Waals surface area contributed by atoms with Crippen LogP contribution in [0.5, 0.6) is 5.75 Å². The van der Waals surface area contributed by atoms with E-state index < -0.39 is 0 Å². The lowest BCUT2D eigenvalue weighted by molar-refractivity contribution is 0.298. The lowest BCUT2D eigenvalue weighted by Gasteiger charge is -2.06. The molecular formula is C17H25N3O. The Morgan fingerprint density at radius 2 is 2.00 bits per heavy atom. The van der Waals surface area contributed by atoms with Crippen molar-refractivity contribution in [2.75, 3.05) is 6.61 Å². The van der Waals surface area contributed by atoms with E-state index in [1.807, 2.05) is 35.0 Å². The Kier molecular flexibility index (Phi) is 5.81. The van der Waals surface area contributed by atoms with Gasteiger partial charge in [-0.15, -0.1) is 0 Å². The number of nitrogens with one attached hydrogen (secondary N) is 1. The van der Waals surface area contributed by atoms with Gasteiger partial charge < -0.3 is 10.1 Å². The molecule has 0 aliphatic carbocycles. The summed E-state index contributed by atoms with van der Waals surface area (Å²) in [7, 11) is 0. The SMILES string of the molecule is Cc1nn(CCCOc2ccccc2)cc1CNC(C)C. The highest BCUT2D eigenvalue weighted by atomic mass is 16.5. The van der Waals surface area contributed by atoms with Crippen molar-refractivity contribution in [2.24, 2.45) is 0 Å². The van der Waals surface area contributed by atoms with Gasteiger partial charge in [-0.05, 0) is 19.1 Å². The fourth-order valence-electron chi connectivity index (χ4n) is 2.09. The fraction of sp³-hybridized carbons (Fsp3) is 0.471. The van der Waals surface area contributed by atoms with Gasteiger partial charge in [0.25, 0.3) is 0 Å². The number of nitrogens with zero attached hydrogens (tertiary/aromatic N) is 2.